The molecule has 0 aliphatic heterocycles. The van der Waals surface area contributed by atoms with Crippen LogP contribution in [-0.2, 0) is 16.0 Å². The molecule has 6 nitrogen and oxygen atoms in total. The molecule has 1 atom stereocenters. The molecule has 0 radical (unpaired) electrons. The molecule has 22 heavy (non-hydrogen) atoms. The predicted molar refractivity (Wildman–Crippen MR) is 81.6 cm³/mol. The number of hydrogen-bond acceptors (Lipinski definition) is 4. The van der Waals surface area contributed by atoms with Gasteiger partial charge in [-0.2, -0.15) is 0 Å². The van der Waals surface area contributed by atoms with Crippen LogP contribution in [0, 0.1) is 0 Å². The summed E-state index contributed by atoms with van der Waals surface area (Å²) in [4.78, 5) is 23.1. The molecule has 0 heterocycles. The number of rotatable bonds is 4. The van der Waals surface area contributed by atoms with Crippen LogP contribution < -0.4 is 15.6 Å². The zero-order valence-electron chi connectivity index (χ0n) is 13.0. The maximum absolute atomic E-state index is 11.9. The van der Waals surface area contributed by atoms with Crippen molar-refractivity contribution >= 4 is 12.0 Å². The Kier molecular flexibility index (Phi) is 5.63. The lowest BCUT2D eigenvalue weighted by Crippen LogP contribution is -2.42. The Labute approximate surface area is 130 Å². The quantitative estimate of drug-likeness (QED) is 0.837. The fraction of sp³-hybridized carbons (Fsp3) is 0.500. The Morgan fingerprint density at radius 3 is 2.86 bits per heavy atom. The first-order valence-corrected chi connectivity index (χ1v) is 7.52. The monoisotopic (exact) mass is 306 g/mol. The number of hydrogen-bond donors (Lipinski definition) is 2. The van der Waals surface area contributed by atoms with E-state index in [4.69, 9.17) is 4.74 Å². The second-order valence-electron chi connectivity index (χ2n) is 5.25. The third-order valence-corrected chi connectivity index (χ3v) is 3.80. The van der Waals surface area contributed by atoms with E-state index in [9.17, 15) is 9.59 Å². The van der Waals surface area contributed by atoms with E-state index in [1.807, 2.05) is 18.2 Å². The first-order valence-electron chi connectivity index (χ1n) is 7.52. The first kappa shape index (κ1) is 16.1. The van der Waals surface area contributed by atoms with Crippen molar-refractivity contribution < 1.29 is 19.1 Å². The molecule has 120 valence electrons. The van der Waals surface area contributed by atoms with E-state index in [1.54, 1.807) is 14.0 Å². The summed E-state index contributed by atoms with van der Waals surface area (Å²) in [5.41, 5.74) is 7.04. The number of aryl methyl sites for hydroxylation is 1. The van der Waals surface area contributed by atoms with E-state index in [1.165, 1.54) is 11.1 Å². The van der Waals surface area contributed by atoms with Gasteiger partial charge in [-0.15, -0.1) is 0 Å². The Hall–Kier alpha value is -2.24. The van der Waals surface area contributed by atoms with Gasteiger partial charge in [0.2, 0.25) is 5.91 Å². The average Bonchev–Trinajstić information content (AvgIpc) is 2.53. The second kappa shape index (κ2) is 7.68. The van der Waals surface area contributed by atoms with Crippen molar-refractivity contribution in [2.75, 3.05) is 13.7 Å². The molecule has 0 bridgehead atoms. The van der Waals surface area contributed by atoms with Gasteiger partial charge in [0.25, 0.3) is 0 Å². The van der Waals surface area contributed by atoms with Crippen molar-refractivity contribution in [3.63, 3.8) is 0 Å². The van der Waals surface area contributed by atoms with Crippen LogP contribution in [0.2, 0.25) is 0 Å². The van der Waals surface area contributed by atoms with Gasteiger partial charge in [-0.05, 0) is 55.4 Å². The Balaban J connectivity index is 1.94. The molecule has 1 aliphatic rings. The summed E-state index contributed by atoms with van der Waals surface area (Å²) >= 11 is 0. The normalized spacial score (nSPS) is 16.4. The molecule has 0 saturated heterocycles. The Morgan fingerprint density at radius 1 is 1.32 bits per heavy atom. The Bertz CT molecular complexity index is 545. The topological polar surface area (TPSA) is 76.7 Å². The minimum atomic E-state index is -0.648. The van der Waals surface area contributed by atoms with Gasteiger partial charge in [0, 0.05) is 6.42 Å². The molecule has 2 rings (SSSR count). The highest BCUT2D eigenvalue weighted by atomic mass is 16.6. The highest BCUT2D eigenvalue weighted by molar-refractivity contribution is 5.79. The largest absolute Gasteiger partial charge is 0.497 e. The van der Waals surface area contributed by atoms with Gasteiger partial charge in [0.05, 0.1) is 13.7 Å². The second-order valence-corrected chi connectivity index (χ2v) is 5.25. The SMILES string of the molecule is CCOC(=O)NNC(=O)CC1CCCc2cc(OC)ccc21. The van der Waals surface area contributed by atoms with E-state index in [2.05, 4.69) is 15.6 Å². The van der Waals surface area contributed by atoms with E-state index in [-0.39, 0.29) is 18.4 Å². The number of methoxy groups -OCH3 is 1. The van der Waals surface area contributed by atoms with Crippen LogP contribution in [0.5, 0.6) is 5.75 Å². The summed E-state index contributed by atoms with van der Waals surface area (Å²) in [6.07, 6.45) is 2.71. The minimum absolute atomic E-state index is 0.165. The highest BCUT2D eigenvalue weighted by Gasteiger charge is 2.23. The lowest BCUT2D eigenvalue weighted by molar-refractivity contribution is -0.122. The molecule has 1 aromatic carbocycles. The van der Waals surface area contributed by atoms with Gasteiger partial charge in [-0.1, -0.05) is 6.07 Å². The summed E-state index contributed by atoms with van der Waals surface area (Å²) in [6.45, 7) is 1.97. The molecule has 1 aliphatic carbocycles. The summed E-state index contributed by atoms with van der Waals surface area (Å²) in [7, 11) is 1.65. The van der Waals surface area contributed by atoms with E-state index >= 15 is 0 Å². The number of nitrogens with one attached hydrogen (secondary N) is 2. The van der Waals surface area contributed by atoms with E-state index in [0.717, 1.165) is 25.0 Å². The lowest BCUT2D eigenvalue weighted by atomic mass is 9.81. The number of amides is 2. The lowest BCUT2D eigenvalue weighted by Gasteiger charge is -2.25. The van der Waals surface area contributed by atoms with Crippen molar-refractivity contribution in [1.82, 2.24) is 10.9 Å². The van der Waals surface area contributed by atoms with Crippen LogP contribution in [0.4, 0.5) is 4.79 Å². The summed E-state index contributed by atoms with van der Waals surface area (Å²) in [5.74, 6) is 0.785. The predicted octanol–water partition coefficient (Wildman–Crippen LogP) is 2.28. The first-order chi connectivity index (χ1) is 10.6. The fourth-order valence-electron chi connectivity index (χ4n) is 2.79. The highest BCUT2D eigenvalue weighted by Crippen LogP contribution is 2.35. The van der Waals surface area contributed by atoms with Crippen molar-refractivity contribution in [1.29, 1.82) is 0 Å². The summed E-state index contributed by atoms with van der Waals surface area (Å²) < 4.78 is 9.93. The smallest absolute Gasteiger partial charge is 0.426 e. The third-order valence-electron chi connectivity index (χ3n) is 3.80. The Morgan fingerprint density at radius 2 is 2.14 bits per heavy atom. The molecule has 0 saturated carbocycles. The molecule has 0 fully saturated rings. The van der Waals surface area contributed by atoms with Crippen LogP contribution in [0.3, 0.4) is 0 Å². The van der Waals surface area contributed by atoms with Crippen molar-refractivity contribution in [2.45, 2.75) is 38.5 Å². The van der Waals surface area contributed by atoms with Gasteiger partial charge in [-0.3, -0.25) is 10.2 Å². The van der Waals surface area contributed by atoms with Crippen LogP contribution in [0.25, 0.3) is 0 Å². The standard InChI is InChI=1S/C16H22N2O4/c1-3-22-16(20)18-17-15(19)10-12-6-4-5-11-9-13(21-2)7-8-14(11)12/h7-9,12H,3-6,10H2,1-2H3,(H,17,19)(H,18,20). The molecule has 1 unspecified atom stereocenters. The van der Waals surface area contributed by atoms with Gasteiger partial charge < -0.3 is 9.47 Å². The van der Waals surface area contributed by atoms with Gasteiger partial charge in [-0.25, -0.2) is 10.2 Å². The number of ether oxygens (including phenoxy) is 2. The number of benzene rings is 1. The molecule has 1 aromatic rings. The zero-order chi connectivity index (χ0) is 15.9. The number of fused-ring (bicyclic) bond motifs is 1. The number of carbonyl (C=O) groups excluding carboxylic acids is 2. The van der Waals surface area contributed by atoms with Gasteiger partial charge in [0.15, 0.2) is 0 Å². The van der Waals surface area contributed by atoms with Crippen LogP contribution in [0.15, 0.2) is 18.2 Å². The van der Waals surface area contributed by atoms with E-state index in [0.29, 0.717) is 6.42 Å². The molecule has 2 N–H and O–H groups in total. The number of hydrazine groups is 1. The van der Waals surface area contributed by atoms with Crippen molar-refractivity contribution in [2.24, 2.45) is 0 Å². The molecular weight excluding hydrogens is 284 g/mol. The number of carbonyl (C=O) groups is 2. The molecule has 2 amide bonds. The average molecular weight is 306 g/mol. The zero-order valence-corrected chi connectivity index (χ0v) is 13.0. The van der Waals surface area contributed by atoms with Crippen LogP contribution >= 0.6 is 0 Å². The minimum Gasteiger partial charge on any atom is -0.497 e. The van der Waals surface area contributed by atoms with Crippen LogP contribution in [0.1, 0.15) is 43.2 Å². The maximum Gasteiger partial charge on any atom is 0.426 e. The van der Waals surface area contributed by atoms with Gasteiger partial charge >= 0.3 is 6.09 Å². The maximum atomic E-state index is 11.9. The van der Waals surface area contributed by atoms with Crippen LogP contribution in [-0.4, -0.2) is 25.7 Å². The van der Waals surface area contributed by atoms with E-state index < -0.39 is 6.09 Å². The molecule has 0 spiro atoms. The molecular formula is C16H22N2O4. The molecule has 6 heteroatoms. The summed E-state index contributed by atoms with van der Waals surface area (Å²) in [6, 6.07) is 5.99. The van der Waals surface area contributed by atoms with Crippen molar-refractivity contribution in [3.8, 4) is 5.75 Å². The molecule has 0 aromatic heterocycles. The fourth-order valence-corrected chi connectivity index (χ4v) is 2.79. The third kappa shape index (κ3) is 4.13. The van der Waals surface area contributed by atoms with Gasteiger partial charge in [0.1, 0.15) is 5.75 Å². The van der Waals surface area contributed by atoms with Crippen molar-refractivity contribution in [3.05, 3.63) is 29.3 Å². The summed E-state index contributed by atoms with van der Waals surface area (Å²) in [5, 5.41) is 0.